The van der Waals surface area contributed by atoms with E-state index in [-0.39, 0.29) is 0 Å². The van der Waals surface area contributed by atoms with Crippen molar-refractivity contribution >= 4 is 11.3 Å². The van der Waals surface area contributed by atoms with Crippen molar-refractivity contribution in [2.45, 2.75) is 46.6 Å². The molecule has 0 radical (unpaired) electrons. The van der Waals surface area contributed by atoms with Crippen LogP contribution in [0.15, 0.2) is 5.51 Å². The molecule has 4 heteroatoms. The molecule has 0 bridgehead atoms. The average molecular weight is 269 g/mol. The van der Waals surface area contributed by atoms with Gasteiger partial charge in [0.2, 0.25) is 0 Å². The van der Waals surface area contributed by atoms with Gasteiger partial charge in [-0.2, -0.15) is 0 Å². The van der Waals surface area contributed by atoms with Gasteiger partial charge in [-0.3, -0.25) is 0 Å². The molecule has 2 N–H and O–H groups in total. The van der Waals surface area contributed by atoms with Gasteiger partial charge in [0.05, 0.1) is 11.2 Å². The Kier molecular flexibility index (Phi) is 6.26. The van der Waals surface area contributed by atoms with Crippen molar-refractivity contribution < 1.29 is 0 Å². The molecule has 0 amide bonds. The van der Waals surface area contributed by atoms with Crippen molar-refractivity contribution in [3.63, 3.8) is 0 Å². The van der Waals surface area contributed by atoms with Gasteiger partial charge in [-0.25, -0.2) is 4.98 Å². The summed E-state index contributed by atoms with van der Waals surface area (Å²) in [7, 11) is 2.19. The summed E-state index contributed by atoms with van der Waals surface area (Å²) in [6, 6.07) is 0. The van der Waals surface area contributed by atoms with Crippen LogP contribution in [0.25, 0.3) is 0 Å². The van der Waals surface area contributed by atoms with Crippen molar-refractivity contribution in [1.29, 1.82) is 0 Å². The van der Waals surface area contributed by atoms with E-state index >= 15 is 0 Å². The van der Waals surface area contributed by atoms with E-state index < -0.39 is 0 Å². The molecular weight excluding hydrogens is 242 g/mol. The van der Waals surface area contributed by atoms with Gasteiger partial charge in [0.1, 0.15) is 0 Å². The van der Waals surface area contributed by atoms with E-state index in [1.165, 1.54) is 23.4 Å². The minimum atomic E-state index is 0.385. The molecular formula is C14H27N3S. The van der Waals surface area contributed by atoms with Crippen molar-refractivity contribution in [3.8, 4) is 0 Å². The van der Waals surface area contributed by atoms with Crippen LogP contribution in [0.2, 0.25) is 0 Å². The lowest BCUT2D eigenvalue weighted by Crippen LogP contribution is -2.22. The first-order valence-electron chi connectivity index (χ1n) is 6.72. The highest BCUT2D eigenvalue weighted by Gasteiger charge is 2.16. The summed E-state index contributed by atoms with van der Waals surface area (Å²) in [5.41, 5.74) is 9.13. The van der Waals surface area contributed by atoms with Gasteiger partial charge >= 0.3 is 0 Å². The van der Waals surface area contributed by atoms with Crippen LogP contribution in [0.5, 0.6) is 0 Å². The number of rotatable bonds is 8. The normalized spacial score (nSPS) is 12.3. The maximum atomic E-state index is 5.64. The third kappa shape index (κ3) is 5.46. The van der Waals surface area contributed by atoms with E-state index in [2.05, 4.69) is 37.7 Å². The highest BCUT2D eigenvalue weighted by molar-refractivity contribution is 7.09. The number of aryl methyl sites for hydroxylation is 1. The van der Waals surface area contributed by atoms with Crippen LogP contribution in [-0.2, 0) is 6.54 Å². The summed E-state index contributed by atoms with van der Waals surface area (Å²) in [4.78, 5) is 8.07. The Morgan fingerprint density at radius 1 is 1.39 bits per heavy atom. The summed E-state index contributed by atoms with van der Waals surface area (Å²) in [5.74, 6) is 0. The number of hydrogen-bond acceptors (Lipinski definition) is 4. The molecule has 0 spiro atoms. The van der Waals surface area contributed by atoms with Crippen molar-refractivity contribution in [2.75, 3.05) is 20.1 Å². The first-order chi connectivity index (χ1) is 8.44. The maximum Gasteiger partial charge on any atom is 0.0798 e. The molecule has 3 nitrogen and oxygen atoms in total. The van der Waals surface area contributed by atoms with Gasteiger partial charge in [-0.15, -0.1) is 11.3 Å². The van der Waals surface area contributed by atoms with E-state index in [0.717, 1.165) is 26.1 Å². The van der Waals surface area contributed by atoms with Crippen LogP contribution in [0, 0.1) is 12.3 Å². The van der Waals surface area contributed by atoms with Crippen molar-refractivity contribution in [3.05, 3.63) is 16.1 Å². The first-order valence-corrected chi connectivity index (χ1v) is 7.60. The van der Waals surface area contributed by atoms with Crippen LogP contribution >= 0.6 is 11.3 Å². The highest BCUT2D eigenvalue weighted by Crippen LogP contribution is 2.26. The third-order valence-electron chi connectivity index (χ3n) is 3.47. The quantitative estimate of drug-likeness (QED) is 0.789. The number of nitrogens with zero attached hydrogens (tertiary/aromatic N) is 2. The summed E-state index contributed by atoms with van der Waals surface area (Å²) >= 11 is 1.76. The van der Waals surface area contributed by atoms with Crippen molar-refractivity contribution in [2.24, 2.45) is 11.1 Å². The summed E-state index contributed by atoms with van der Waals surface area (Å²) in [6.45, 7) is 9.67. The molecule has 0 aromatic carbocycles. The minimum absolute atomic E-state index is 0.385. The average Bonchev–Trinajstić information content (AvgIpc) is 2.64. The molecule has 0 saturated heterocycles. The Balaban J connectivity index is 2.25. The predicted molar refractivity (Wildman–Crippen MR) is 79.9 cm³/mol. The lowest BCUT2D eigenvalue weighted by Gasteiger charge is -2.25. The Labute approximate surface area is 115 Å². The number of nitrogens with two attached hydrogens (primary N) is 1. The van der Waals surface area contributed by atoms with Crippen LogP contribution < -0.4 is 5.73 Å². The Hall–Kier alpha value is -0.450. The monoisotopic (exact) mass is 269 g/mol. The Bertz CT molecular complexity index is 347. The number of hydrogen-bond donors (Lipinski definition) is 1. The predicted octanol–water partition coefficient (Wildman–Crippen LogP) is 3.04. The smallest absolute Gasteiger partial charge is 0.0798 e. The minimum Gasteiger partial charge on any atom is -0.330 e. The fourth-order valence-electron chi connectivity index (χ4n) is 2.15. The van der Waals surface area contributed by atoms with Gasteiger partial charge in [-0.1, -0.05) is 13.8 Å². The third-order valence-corrected chi connectivity index (χ3v) is 4.39. The second-order valence-electron chi connectivity index (χ2n) is 5.91. The molecule has 1 aromatic heterocycles. The Morgan fingerprint density at radius 2 is 2.11 bits per heavy atom. The zero-order valence-electron chi connectivity index (χ0n) is 12.2. The van der Waals surface area contributed by atoms with Crippen LogP contribution in [0.1, 0.15) is 43.7 Å². The molecule has 0 atom stereocenters. The molecule has 1 aromatic rings. The van der Waals surface area contributed by atoms with E-state index in [1.54, 1.807) is 11.3 Å². The lowest BCUT2D eigenvalue weighted by atomic mass is 9.84. The second-order valence-corrected chi connectivity index (χ2v) is 6.84. The van der Waals surface area contributed by atoms with E-state index in [0.29, 0.717) is 5.41 Å². The van der Waals surface area contributed by atoms with Crippen LogP contribution in [-0.4, -0.2) is 30.0 Å². The van der Waals surface area contributed by atoms with Gasteiger partial charge in [0, 0.05) is 11.4 Å². The van der Waals surface area contributed by atoms with E-state index in [4.69, 9.17) is 5.73 Å². The lowest BCUT2D eigenvalue weighted by molar-refractivity contribution is 0.260. The van der Waals surface area contributed by atoms with Gasteiger partial charge in [-0.05, 0) is 51.7 Å². The highest BCUT2D eigenvalue weighted by atomic mass is 32.1. The molecule has 0 aliphatic heterocycles. The number of aromatic nitrogens is 1. The number of thiazole rings is 1. The molecule has 0 aliphatic rings. The standard InChI is InChI=1S/C14H27N3S/c1-12-13(18-11-16-12)10-17(4)9-5-6-14(2,3)7-8-15/h11H,5-10,15H2,1-4H3. The summed E-state index contributed by atoms with van der Waals surface area (Å²) < 4.78 is 0. The molecule has 0 fully saturated rings. The summed E-state index contributed by atoms with van der Waals surface area (Å²) in [6.07, 6.45) is 3.60. The van der Waals surface area contributed by atoms with Crippen molar-refractivity contribution in [1.82, 2.24) is 9.88 Å². The topological polar surface area (TPSA) is 42.2 Å². The molecule has 1 rings (SSSR count). The largest absolute Gasteiger partial charge is 0.330 e. The molecule has 0 saturated carbocycles. The molecule has 18 heavy (non-hydrogen) atoms. The fraction of sp³-hybridized carbons (Fsp3) is 0.786. The van der Waals surface area contributed by atoms with Crippen LogP contribution in [0.4, 0.5) is 0 Å². The van der Waals surface area contributed by atoms with Gasteiger partial charge in [0.25, 0.3) is 0 Å². The molecule has 1 heterocycles. The zero-order chi connectivity index (χ0) is 13.6. The maximum absolute atomic E-state index is 5.64. The van der Waals surface area contributed by atoms with E-state index in [9.17, 15) is 0 Å². The SMILES string of the molecule is Cc1ncsc1CN(C)CCCC(C)(C)CCN. The van der Waals surface area contributed by atoms with Crippen LogP contribution in [0.3, 0.4) is 0 Å². The molecule has 0 aliphatic carbocycles. The first kappa shape index (κ1) is 15.6. The zero-order valence-corrected chi connectivity index (χ0v) is 13.0. The second kappa shape index (κ2) is 7.22. The Morgan fingerprint density at radius 3 is 2.67 bits per heavy atom. The van der Waals surface area contributed by atoms with Gasteiger partial charge in [0.15, 0.2) is 0 Å². The fourth-order valence-corrected chi connectivity index (χ4v) is 3.00. The molecule has 0 unspecified atom stereocenters. The summed E-state index contributed by atoms with van der Waals surface area (Å²) in [5, 5.41) is 0. The van der Waals surface area contributed by atoms with Gasteiger partial charge < -0.3 is 10.6 Å². The molecule has 104 valence electrons. The van der Waals surface area contributed by atoms with E-state index in [1.807, 2.05) is 5.51 Å².